The van der Waals surface area contributed by atoms with Gasteiger partial charge >= 0.3 is 0 Å². The standard InChI is InChI=1S/C15H15N3O2/c1-19-14-7-11-9-17-18(13(11)8-15(14)20-2)10-12-5-3-4-6-16-12/h3-9H,10H2,1-2H3. The molecule has 20 heavy (non-hydrogen) atoms. The Morgan fingerprint density at radius 3 is 2.60 bits per heavy atom. The van der Waals surface area contributed by atoms with E-state index >= 15 is 0 Å². The lowest BCUT2D eigenvalue weighted by Crippen LogP contribution is -2.03. The zero-order valence-electron chi connectivity index (χ0n) is 11.4. The summed E-state index contributed by atoms with van der Waals surface area (Å²) in [5.41, 5.74) is 1.96. The quantitative estimate of drug-likeness (QED) is 0.730. The third-order valence-electron chi connectivity index (χ3n) is 3.19. The van der Waals surface area contributed by atoms with Crippen LogP contribution in [0.4, 0.5) is 0 Å². The van der Waals surface area contributed by atoms with Crippen LogP contribution < -0.4 is 9.47 Å². The van der Waals surface area contributed by atoms with Crippen LogP contribution in [-0.2, 0) is 6.54 Å². The maximum absolute atomic E-state index is 5.34. The molecule has 0 saturated carbocycles. The minimum atomic E-state index is 0.625. The van der Waals surface area contributed by atoms with Gasteiger partial charge in [0.2, 0.25) is 0 Å². The van der Waals surface area contributed by atoms with E-state index in [1.165, 1.54) is 0 Å². The first-order valence-corrected chi connectivity index (χ1v) is 6.29. The minimum absolute atomic E-state index is 0.625. The van der Waals surface area contributed by atoms with Gasteiger partial charge in [-0.15, -0.1) is 0 Å². The van der Waals surface area contributed by atoms with Crippen LogP contribution in [0.5, 0.6) is 11.5 Å². The summed E-state index contributed by atoms with van der Waals surface area (Å²) in [6, 6.07) is 9.71. The average molecular weight is 269 g/mol. The van der Waals surface area contributed by atoms with Crippen LogP contribution in [0.2, 0.25) is 0 Å². The number of ether oxygens (including phenoxy) is 2. The maximum atomic E-state index is 5.34. The van der Waals surface area contributed by atoms with E-state index < -0.39 is 0 Å². The Morgan fingerprint density at radius 2 is 1.90 bits per heavy atom. The zero-order chi connectivity index (χ0) is 13.9. The van der Waals surface area contributed by atoms with Gasteiger partial charge in [0.25, 0.3) is 0 Å². The van der Waals surface area contributed by atoms with E-state index in [0.717, 1.165) is 16.6 Å². The highest BCUT2D eigenvalue weighted by molar-refractivity contribution is 5.82. The molecule has 2 heterocycles. The number of benzene rings is 1. The van der Waals surface area contributed by atoms with Gasteiger partial charge in [-0.1, -0.05) is 6.07 Å². The van der Waals surface area contributed by atoms with Crippen LogP contribution in [0, 0.1) is 0 Å². The molecule has 102 valence electrons. The predicted octanol–water partition coefficient (Wildman–Crippen LogP) is 2.50. The lowest BCUT2D eigenvalue weighted by atomic mass is 10.2. The first-order valence-electron chi connectivity index (χ1n) is 6.29. The van der Waals surface area contributed by atoms with Gasteiger partial charge in [-0.3, -0.25) is 9.67 Å². The number of fused-ring (bicyclic) bond motifs is 1. The van der Waals surface area contributed by atoms with Crippen LogP contribution in [0.15, 0.2) is 42.7 Å². The summed E-state index contributed by atoms with van der Waals surface area (Å²) >= 11 is 0. The van der Waals surface area contributed by atoms with E-state index in [2.05, 4.69) is 10.1 Å². The Hall–Kier alpha value is -2.56. The highest BCUT2D eigenvalue weighted by atomic mass is 16.5. The number of rotatable bonds is 4. The number of nitrogens with zero attached hydrogens (tertiary/aromatic N) is 3. The van der Waals surface area contributed by atoms with Gasteiger partial charge in [-0.25, -0.2) is 0 Å². The van der Waals surface area contributed by atoms with Crippen molar-refractivity contribution in [1.82, 2.24) is 14.8 Å². The first-order chi connectivity index (χ1) is 9.81. The molecular formula is C15H15N3O2. The molecule has 0 aliphatic heterocycles. The summed E-state index contributed by atoms with van der Waals surface area (Å²) in [6.07, 6.45) is 3.60. The van der Waals surface area contributed by atoms with Crippen molar-refractivity contribution in [3.05, 3.63) is 48.4 Å². The van der Waals surface area contributed by atoms with E-state index in [1.807, 2.05) is 41.2 Å². The normalized spacial score (nSPS) is 10.7. The Bertz CT molecular complexity index is 723. The van der Waals surface area contributed by atoms with Crippen molar-refractivity contribution in [3.8, 4) is 11.5 Å². The fraction of sp³-hybridized carbons (Fsp3) is 0.200. The van der Waals surface area contributed by atoms with E-state index in [1.54, 1.807) is 20.4 Å². The largest absolute Gasteiger partial charge is 0.493 e. The van der Waals surface area contributed by atoms with Gasteiger partial charge in [0.15, 0.2) is 11.5 Å². The third kappa shape index (κ3) is 2.18. The number of hydrogen-bond donors (Lipinski definition) is 0. The summed E-state index contributed by atoms with van der Waals surface area (Å²) in [6.45, 7) is 0.625. The van der Waals surface area contributed by atoms with Crippen LogP contribution in [0.3, 0.4) is 0 Å². The van der Waals surface area contributed by atoms with Gasteiger partial charge in [0.05, 0.1) is 38.2 Å². The summed E-state index contributed by atoms with van der Waals surface area (Å²) < 4.78 is 12.5. The van der Waals surface area contributed by atoms with Gasteiger partial charge in [0, 0.05) is 17.6 Å². The molecule has 0 saturated heterocycles. The second-order valence-corrected chi connectivity index (χ2v) is 4.39. The van der Waals surface area contributed by atoms with Crippen molar-refractivity contribution < 1.29 is 9.47 Å². The smallest absolute Gasteiger partial charge is 0.162 e. The van der Waals surface area contributed by atoms with E-state index in [4.69, 9.17) is 9.47 Å². The van der Waals surface area contributed by atoms with Gasteiger partial charge in [-0.05, 0) is 18.2 Å². The highest BCUT2D eigenvalue weighted by Gasteiger charge is 2.10. The predicted molar refractivity (Wildman–Crippen MR) is 76.2 cm³/mol. The molecular weight excluding hydrogens is 254 g/mol. The van der Waals surface area contributed by atoms with Crippen molar-refractivity contribution in [2.75, 3.05) is 14.2 Å². The molecule has 0 radical (unpaired) electrons. The van der Waals surface area contributed by atoms with Crippen molar-refractivity contribution in [2.45, 2.75) is 6.54 Å². The van der Waals surface area contributed by atoms with Crippen LogP contribution in [-0.4, -0.2) is 29.0 Å². The van der Waals surface area contributed by atoms with Gasteiger partial charge < -0.3 is 9.47 Å². The fourth-order valence-electron chi connectivity index (χ4n) is 2.18. The molecule has 0 fully saturated rings. The fourth-order valence-corrected chi connectivity index (χ4v) is 2.18. The molecule has 0 N–H and O–H groups in total. The summed E-state index contributed by atoms with van der Waals surface area (Å²) in [7, 11) is 3.26. The van der Waals surface area contributed by atoms with Crippen molar-refractivity contribution >= 4 is 10.9 Å². The molecule has 0 bridgehead atoms. The van der Waals surface area contributed by atoms with Crippen LogP contribution in [0.25, 0.3) is 10.9 Å². The van der Waals surface area contributed by atoms with Crippen molar-refractivity contribution in [2.24, 2.45) is 0 Å². The molecule has 0 aliphatic rings. The molecule has 0 atom stereocenters. The van der Waals surface area contributed by atoms with E-state index in [9.17, 15) is 0 Å². The van der Waals surface area contributed by atoms with Gasteiger partial charge in [0.1, 0.15) is 0 Å². The Balaban J connectivity index is 2.04. The van der Waals surface area contributed by atoms with Crippen LogP contribution in [0.1, 0.15) is 5.69 Å². The van der Waals surface area contributed by atoms with E-state index in [-0.39, 0.29) is 0 Å². The lowest BCUT2D eigenvalue weighted by molar-refractivity contribution is 0.355. The average Bonchev–Trinajstić information content (AvgIpc) is 2.89. The van der Waals surface area contributed by atoms with E-state index in [0.29, 0.717) is 18.0 Å². The number of pyridine rings is 1. The lowest BCUT2D eigenvalue weighted by Gasteiger charge is -2.08. The molecule has 0 aliphatic carbocycles. The molecule has 0 spiro atoms. The Morgan fingerprint density at radius 1 is 1.10 bits per heavy atom. The Labute approximate surface area is 116 Å². The number of methoxy groups -OCH3 is 2. The molecule has 2 aromatic heterocycles. The monoisotopic (exact) mass is 269 g/mol. The highest BCUT2D eigenvalue weighted by Crippen LogP contribution is 2.32. The first kappa shape index (κ1) is 12.5. The molecule has 1 aromatic carbocycles. The minimum Gasteiger partial charge on any atom is -0.493 e. The van der Waals surface area contributed by atoms with Gasteiger partial charge in [-0.2, -0.15) is 5.10 Å². The summed E-state index contributed by atoms with van der Waals surface area (Å²) in [4.78, 5) is 4.32. The maximum Gasteiger partial charge on any atom is 0.162 e. The molecule has 5 nitrogen and oxygen atoms in total. The molecule has 0 amide bonds. The topological polar surface area (TPSA) is 49.2 Å². The molecule has 3 aromatic rings. The second kappa shape index (κ2) is 5.21. The zero-order valence-corrected chi connectivity index (χ0v) is 11.4. The Kier molecular flexibility index (Phi) is 3.25. The van der Waals surface area contributed by atoms with Crippen LogP contribution >= 0.6 is 0 Å². The number of aromatic nitrogens is 3. The molecule has 5 heteroatoms. The third-order valence-corrected chi connectivity index (χ3v) is 3.19. The number of hydrogen-bond acceptors (Lipinski definition) is 4. The molecule has 0 unspecified atom stereocenters. The summed E-state index contributed by atoms with van der Waals surface area (Å²) in [5, 5.41) is 5.42. The SMILES string of the molecule is COc1cc2cnn(Cc3ccccn3)c2cc1OC. The second-order valence-electron chi connectivity index (χ2n) is 4.39. The summed E-state index contributed by atoms with van der Waals surface area (Å²) in [5.74, 6) is 1.40. The van der Waals surface area contributed by atoms with Crippen molar-refractivity contribution in [3.63, 3.8) is 0 Å². The molecule has 3 rings (SSSR count). The van der Waals surface area contributed by atoms with Crippen molar-refractivity contribution in [1.29, 1.82) is 0 Å².